The maximum absolute atomic E-state index is 13.1. The number of nitrogens with zero attached hydrogens (tertiary/aromatic N) is 3. The summed E-state index contributed by atoms with van der Waals surface area (Å²) in [6, 6.07) is 8.47. The fraction of sp³-hybridized carbons (Fsp3) is 0.333. The number of likely N-dealkylation sites (N-methyl/N-ethyl adjacent to an activating group) is 1. The summed E-state index contributed by atoms with van der Waals surface area (Å²) in [7, 11) is -0.150. The molecular weight excluding hydrogens is 425 g/mol. The van der Waals surface area contributed by atoms with Crippen LogP contribution in [0, 0.1) is 19.7 Å². The van der Waals surface area contributed by atoms with Gasteiger partial charge in [-0.05, 0) is 75.5 Å². The Balaban J connectivity index is 1.93. The highest BCUT2D eigenvalue weighted by molar-refractivity contribution is 7.92. The molecule has 30 heavy (non-hydrogen) atoms. The highest BCUT2D eigenvalue weighted by Crippen LogP contribution is 2.31. The Morgan fingerprint density at radius 2 is 1.70 bits per heavy atom. The highest BCUT2D eigenvalue weighted by Gasteiger charge is 2.26. The van der Waals surface area contributed by atoms with E-state index in [1.165, 1.54) is 28.4 Å². The summed E-state index contributed by atoms with van der Waals surface area (Å²) in [5.41, 5.74) is 3.01. The molecule has 0 aliphatic carbocycles. The molecular formula is C21H24FN3O3S2. The summed E-state index contributed by atoms with van der Waals surface area (Å²) in [5.74, 6) is -1.80. The van der Waals surface area contributed by atoms with E-state index in [0.717, 1.165) is 33.5 Å². The van der Waals surface area contributed by atoms with Gasteiger partial charge < -0.3 is 4.90 Å². The average Bonchev–Trinajstić information content (AvgIpc) is 3.04. The van der Waals surface area contributed by atoms with Gasteiger partial charge in [0.05, 0.1) is 15.1 Å². The molecule has 0 atom stereocenters. The molecule has 2 aromatic carbocycles. The van der Waals surface area contributed by atoms with Gasteiger partial charge in [0, 0.05) is 13.1 Å². The minimum absolute atomic E-state index is 0.0830. The Morgan fingerprint density at radius 3 is 2.33 bits per heavy atom. The minimum Gasteiger partial charge on any atom is -0.308 e. The zero-order valence-corrected chi connectivity index (χ0v) is 19.0. The zero-order valence-electron chi connectivity index (χ0n) is 17.3. The molecule has 0 fully saturated rings. The van der Waals surface area contributed by atoms with Crippen LogP contribution in [0.2, 0.25) is 0 Å². The largest absolute Gasteiger partial charge is 0.308 e. The predicted octanol–water partition coefficient (Wildman–Crippen LogP) is 3.42. The molecule has 1 aromatic heterocycles. The monoisotopic (exact) mass is 449 g/mol. The van der Waals surface area contributed by atoms with E-state index in [4.69, 9.17) is 0 Å². The topological polar surface area (TPSA) is 70.6 Å². The lowest BCUT2D eigenvalue weighted by molar-refractivity contribution is -0.116. The van der Waals surface area contributed by atoms with Crippen LogP contribution in [-0.2, 0) is 14.6 Å². The lowest BCUT2D eigenvalue weighted by Crippen LogP contribution is -2.40. The number of rotatable bonds is 7. The van der Waals surface area contributed by atoms with Crippen molar-refractivity contribution < 1.29 is 17.6 Å². The van der Waals surface area contributed by atoms with Gasteiger partial charge in [0.2, 0.25) is 5.91 Å². The van der Waals surface area contributed by atoms with Crippen molar-refractivity contribution in [2.45, 2.75) is 18.7 Å². The Hall–Kier alpha value is -2.36. The van der Waals surface area contributed by atoms with Crippen LogP contribution in [-0.4, -0.2) is 57.1 Å². The number of sulfone groups is 1. The van der Waals surface area contributed by atoms with Gasteiger partial charge in [-0.15, -0.1) is 0 Å². The van der Waals surface area contributed by atoms with E-state index in [-0.39, 0.29) is 4.90 Å². The number of thiazole rings is 1. The molecule has 3 rings (SSSR count). The zero-order chi connectivity index (χ0) is 22.1. The molecule has 0 bridgehead atoms. The minimum atomic E-state index is -3.91. The lowest BCUT2D eigenvalue weighted by Gasteiger charge is -2.22. The standard InChI is InChI=1S/C21H24FN3O3S2/c1-14-11-18-19(12-15(14)2)29-21(23-18)25(10-9-24(3)4)20(26)13-30(27,28)17-7-5-16(22)6-8-17/h5-8,11-12H,9-10,13H2,1-4H3. The Bertz CT molecular complexity index is 1130. The average molecular weight is 450 g/mol. The van der Waals surface area contributed by atoms with Crippen molar-refractivity contribution in [2.75, 3.05) is 37.8 Å². The van der Waals surface area contributed by atoms with Gasteiger partial charge in [0.25, 0.3) is 0 Å². The van der Waals surface area contributed by atoms with Crippen molar-refractivity contribution in [1.29, 1.82) is 0 Å². The van der Waals surface area contributed by atoms with Crippen LogP contribution in [0.1, 0.15) is 11.1 Å². The number of carbonyl (C=O) groups is 1. The predicted molar refractivity (Wildman–Crippen MR) is 118 cm³/mol. The summed E-state index contributed by atoms with van der Waals surface area (Å²) in [6.45, 7) is 4.87. The fourth-order valence-electron chi connectivity index (χ4n) is 2.88. The third-order valence-corrected chi connectivity index (χ3v) is 7.44. The summed E-state index contributed by atoms with van der Waals surface area (Å²) in [5, 5.41) is 0.469. The van der Waals surface area contributed by atoms with Crippen molar-refractivity contribution in [3.05, 3.63) is 53.3 Å². The van der Waals surface area contributed by atoms with E-state index in [0.29, 0.717) is 18.2 Å². The second kappa shape index (κ2) is 8.79. The molecule has 9 heteroatoms. The first-order valence-corrected chi connectivity index (χ1v) is 11.8. The number of anilines is 1. The number of fused-ring (bicyclic) bond motifs is 1. The number of halogens is 1. The smallest absolute Gasteiger partial charge is 0.244 e. The Morgan fingerprint density at radius 1 is 1.07 bits per heavy atom. The van der Waals surface area contributed by atoms with Gasteiger partial charge in [-0.1, -0.05) is 11.3 Å². The molecule has 6 nitrogen and oxygen atoms in total. The molecule has 0 radical (unpaired) electrons. The van der Waals surface area contributed by atoms with Gasteiger partial charge in [-0.3, -0.25) is 9.69 Å². The number of carbonyl (C=O) groups excluding carboxylic acids is 1. The number of aromatic nitrogens is 1. The molecule has 0 aliphatic rings. The Labute approximate surface area is 179 Å². The number of hydrogen-bond donors (Lipinski definition) is 0. The number of aryl methyl sites for hydroxylation is 2. The first-order chi connectivity index (χ1) is 14.1. The van der Waals surface area contributed by atoms with Gasteiger partial charge in [-0.2, -0.15) is 0 Å². The first-order valence-electron chi connectivity index (χ1n) is 9.38. The highest BCUT2D eigenvalue weighted by atomic mass is 32.2. The fourth-order valence-corrected chi connectivity index (χ4v) is 5.16. The van der Waals surface area contributed by atoms with Crippen LogP contribution in [0.15, 0.2) is 41.3 Å². The van der Waals surface area contributed by atoms with Crippen molar-refractivity contribution in [1.82, 2.24) is 9.88 Å². The maximum Gasteiger partial charge on any atom is 0.244 e. The van der Waals surface area contributed by atoms with Crippen LogP contribution in [0.25, 0.3) is 10.2 Å². The number of hydrogen-bond acceptors (Lipinski definition) is 6. The van der Waals surface area contributed by atoms with Crippen molar-refractivity contribution in [2.24, 2.45) is 0 Å². The van der Waals surface area contributed by atoms with Crippen LogP contribution in [0.4, 0.5) is 9.52 Å². The van der Waals surface area contributed by atoms with E-state index < -0.39 is 27.3 Å². The molecule has 0 unspecified atom stereocenters. The van der Waals surface area contributed by atoms with E-state index in [1.54, 1.807) is 0 Å². The maximum atomic E-state index is 13.1. The summed E-state index contributed by atoms with van der Waals surface area (Å²) < 4.78 is 39.5. The van der Waals surface area contributed by atoms with Gasteiger partial charge in [0.1, 0.15) is 11.6 Å². The molecule has 0 aliphatic heterocycles. The summed E-state index contributed by atoms with van der Waals surface area (Å²) in [4.78, 5) is 20.9. The Kier molecular flexibility index (Phi) is 6.54. The molecule has 0 spiro atoms. The molecule has 3 aromatic rings. The third kappa shape index (κ3) is 5.03. The summed E-state index contributed by atoms with van der Waals surface area (Å²) in [6.07, 6.45) is 0. The number of benzene rings is 2. The van der Waals surface area contributed by atoms with Gasteiger partial charge in [0.15, 0.2) is 15.0 Å². The number of amides is 1. The first kappa shape index (κ1) is 22.3. The molecule has 0 N–H and O–H groups in total. The van der Waals surface area contributed by atoms with Crippen LogP contribution < -0.4 is 4.90 Å². The molecule has 0 saturated heterocycles. The van der Waals surface area contributed by atoms with Crippen LogP contribution in [0.5, 0.6) is 0 Å². The molecule has 160 valence electrons. The van der Waals surface area contributed by atoms with E-state index >= 15 is 0 Å². The van der Waals surface area contributed by atoms with E-state index in [1.807, 2.05) is 45.0 Å². The molecule has 1 amide bonds. The molecule has 0 saturated carbocycles. The van der Waals surface area contributed by atoms with Crippen molar-refractivity contribution >= 4 is 42.4 Å². The van der Waals surface area contributed by atoms with Gasteiger partial charge in [-0.25, -0.2) is 17.8 Å². The summed E-state index contributed by atoms with van der Waals surface area (Å²) >= 11 is 1.36. The quantitative estimate of drug-likeness (QED) is 0.517. The normalized spacial score (nSPS) is 11.9. The van der Waals surface area contributed by atoms with Crippen LogP contribution in [0.3, 0.4) is 0 Å². The SMILES string of the molecule is Cc1cc2nc(N(CCN(C)C)C(=O)CS(=O)(=O)c3ccc(F)cc3)sc2cc1C. The lowest BCUT2D eigenvalue weighted by atomic mass is 10.1. The third-order valence-electron chi connectivity index (χ3n) is 4.78. The second-order valence-electron chi connectivity index (χ2n) is 7.46. The van der Waals surface area contributed by atoms with E-state index in [2.05, 4.69) is 4.98 Å². The van der Waals surface area contributed by atoms with Gasteiger partial charge >= 0.3 is 0 Å². The second-order valence-corrected chi connectivity index (χ2v) is 10.5. The van der Waals surface area contributed by atoms with Crippen molar-refractivity contribution in [3.63, 3.8) is 0 Å². The van der Waals surface area contributed by atoms with Crippen molar-refractivity contribution in [3.8, 4) is 0 Å². The van der Waals surface area contributed by atoms with Crippen LogP contribution >= 0.6 is 11.3 Å². The molecule has 1 heterocycles. The van der Waals surface area contributed by atoms with E-state index in [9.17, 15) is 17.6 Å².